The topological polar surface area (TPSA) is 32.3 Å². The average Bonchev–Trinajstić information content (AvgIpc) is 2.43. The first-order valence-electron chi connectivity index (χ1n) is 8.51. The summed E-state index contributed by atoms with van der Waals surface area (Å²) in [6.45, 7) is 2.24. The minimum atomic E-state index is 0.137. The monoisotopic (exact) mass is 340 g/mol. The molecule has 5 heteroatoms. The zero-order valence-corrected chi connectivity index (χ0v) is 15.6. The molecule has 4 saturated carbocycles. The molecule has 1 unspecified atom stereocenters. The fraction of sp³-hybridized carbons (Fsp3) is 0.882. The first-order chi connectivity index (χ1) is 10.4. The summed E-state index contributed by atoms with van der Waals surface area (Å²) in [5.41, 5.74) is 0.386. The zero-order valence-electron chi connectivity index (χ0n) is 13.9. The predicted molar refractivity (Wildman–Crippen MR) is 97.0 cm³/mol. The smallest absolute Gasteiger partial charge is 0.230 e. The van der Waals surface area contributed by atoms with Gasteiger partial charge in [-0.05, 0) is 68.6 Å². The number of nitrogens with zero attached hydrogens (tertiary/aromatic N) is 1. The number of rotatable bonds is 4. The highest BCUT2D eigenvalue weighted by Gasteiger charge is 2.53. The van der Waals surface area contributed by atoms with Crippen LogP contribution in [-0.4, -0.2) is 41.0 Å². The second-order valence-corrected chi connectivity index (χ2v) is 9.63. The third kappa shape index (κ3) is 3.30. The molecule has 124 valence electrons. The number of nitrogens with one attached hydrogen (secondary N) is 1. The molecule has 1 atom stereocenters. The van der Waals surface area contributed by atoms with Crippen molar-refractivity contribution < 1.29 is 4.79 Å². The Labute approximate surface area is 144 Å². The van der Waals surface area contributed by atoms with Crippen LogP contribution in [0.2, 0.25) is 0 Å². The van der Waals surface area contributed by atoms with E-state index >= 15 is 0 Å². The van der Waals surface area contributed by atoms with Crippen LogP contribution in [0.3, 0.4) is 0 Å². The van der Waals surface area contributed by atoms with E-state index in [0.29, 0.717) is 17.2 Å². The van der Waals surface area contributed by atoms with Gasteiger partial charge in [0.2, 0.25) is 5.91 Å². The molecule has 3 nitrogen and oxygen atoms in total. The summed E-state index contributed by atoms with van der Waals surface area (Å²) in [4.78, 5) is 14.1. The minimum absolute atomic E-state index is 0.137. The summed E-state index contributed by atoms with van der Waals surface area (Å²) in [7, 11) is 3.84. The van der Waals surface area contributed by atoms with E-state index in [0.717, 1.165) is 22.1 Å². The number of thiocarbonyl (C=S) groups is 1. The van der Waals surface area contributed by atoms with Crippen LogP contribution in [0, 0.1) is 23.2 Å². The van der Waals surface area contributed by atoms with Crippen molar-refractivity contribution in [1.82, 2.24) is 10.2 Å². The lowest BCUT2D eigenvalue weighted by atomic mass is 9.48. The van der Waals surface area contributed by atoms with Crippen molar-refractivity contribution in [3.63, 3.8) is 0 Å². The van der Waals surface area contributed by atoms with E-state index in [1.54, 1.807) is 0 Å². The summed E-state index contributed by atoms with van der Waals surface area (Å²) in [6.07, 6.45) is 8.36. The Bertz CT molecular complexity index is 428. The lowest BCUT2D eigenvalue weighted by Crippen LogP contribution is -2.56. The van der Waals surface area contributed by atoms with E-state index in [1.165, 1.54) is 50.3 Å². The molecule has 4 aliphatic carbocycles. The van der Waals surface area contributed by atoms with Crippen LogP contribution in [0.15, 0.2) is 0 Å². The molecular formula is C17H28N2OS2. The third-order valence-electron chi connectivity index (χ3n) is 6.07. The van der Waals surface area contributed by atoms with Gasteiger partial charge in [-0.1, -0.05) is 24.0 Å². The second kappa shape index (κ2) is 6.31. The second-order valence-electron chi connectivity index (χ2n) is 8.02. The zero-order chi connectivity index (χ0) is 15.9. The molecule has 0 aliphatic heterocycles. The summed E-state index contributed by atoms with van der Waals surface area (Å²) in [5, 5.41) is 3.29. The third-order valence-corrected chi connectivity index (χ3v) is 7.81. The van der Waals surface area contributed by atoms with Crippen LogP contribution in [0.1, 0.15) is 45.4 Å². The first-order valence-corrected chi connectivity index (χ1v) is 9.91. The molecular weight excluding hydrogens is 312 g/mol. The maximum absolute atomic E-state index is 12.3. The summed E-state index contributed by atoms with van der Waals surface area (Å²) < 4.78 is 0.776. The van der Waals surface area contributed by atoms with Crippen molar-refractivity contribution >= 4 is 34.2 Å². The van der Waals surface area contributed by atoms with Crippen LogP contribution in [0.4, 0.5) is 0 Å². The molecule has 1 amide bonds. The molecule has 22 heavy (non-hydrogen) atoms. The van der Waals surface area contributed by atoms with Gasteiger partial charge in [-0.2, -0.15) is 0 Å². The van der Waals surface area contributed by atoms with E-state index < -0.39 is 0 Å². The number of carbonyl (C=O) groups is 1. The van der Waals surface area contributed by atoms with E-state index in [4.69, 9.17) is 12.2 Å². The lowest BCUT2D eigenvalue weighted by molar-refractivity contribution is -0.123. The summed E-state index contributed by atoms with van der Waals surface area (Å²) in [6, 6.07) is 0.307. The van der Waals surface area contributed by atoms with Gasteiger partial charge in [0, 0.05) is 20.1 Å². The van der Waals surface area contributed by atoms with Gasteiger partial charge in [-0.15, -0.1) is 0 Å². The molecule has 4 bridgehead atoms. The maximum atomic E-state index is 12.3. The van der Waals surface area contributed by atoms with Crippen molar-refractivity contribution in [2.24, 2.45) is 23.2 Å². The SMILES string of the molecule is CC(NC(=O)CSC(=S)N(C)C)C12CC3CC(CC(C3)C1)C2. The minimum Gasteiger partial charge on any atom is -0.364 e. The van der Waals surface area contributed by atoms with Gasteiger partial charge in [-0.3, -0.25) is 4.79 Å². The van der Waals surface area contributed by atoms with E-state index in [9.17, 15) is 4.79 Å². The summed E-state index contributed by atoms with van der Waals surface area (Å²) in [5.74, 6) is 3.37. The Morgan fingerprint density at radius 3 is 2.18 bits per heavy atom. The molecule has 4 fully saturated rings. The Morgan fingerprint density at radius 1 is 1.23 bits per heavy atom. The van der Waals surface area contributed by atoms with Crippen molar-refractivity contribution in [3.05, 3.63) is 0 Å². The molecule has 4 aliphatic rings. The highest BCUT2D eigenvalue weighted by Crippen LogP contribution is 2.61. The Balaban J connectivity index is 1.54. The van der Waals surface area contributed by atoms with E-state index in [-0.39, 0.29) is 5.91 Å². The van der Waals surface area contributed by atoms with Gasteiger partial charge in [0.1, 0.15) is 4.32 Å². The number of carbonyl (C=O) groups excluding carboxylic acids is 1. The van der Waals surface area contributed by atoms with E-state index in [1.807, 2.05) is 19.0 Å². The van der Waals surface area contributed by atoms with Gasteiger partial charge in [0.05, 0.1) is 5.75 Å². The van der Waals surface area contributed by atoms with Crippen molar-refractivity contribution in [1.29, 1.82) is 0 Å². The molecule has 0 aromatic carbocycles. The number of thioether (sulfide) groups is 1. The number of amides is 1. The van der Waals surface area contributed by atoms with Gasteiger partial charge in [0.25, 0.3) is 0 Å². The highest BCUT2D eigenvalue weighted by molar-refractivity contribution is 8.23. The van der Waals surface area contributed by atoms with Crippen LogP contribution in [0.5, 0.6) is 0 Å². The van der Waals surface area contributed by atoms with Gasteiger partial charge >= 0.3 is 0 Å². The molecule has 0 aromatic rings. The van der Waals surface area contributed by atoms with Crippen molar-refractivity contribution in [2.45, 2.75) is 51.5 Å². The van der Waals surface area contributed by atoms with Crippen molar-refractivity contribution in [2.75, 3.05) is 19.8 Å². The lowest BCUT2D eigenvalue weighted by Gasteiger charge is -2.59. The molecule has 0 aromatic heterocycles. The Kier molecular flexibility index (Phi) is 4.75. The van der Waals surface area contributed by atoms with Crippen molar-refractivity contribution in [3.8, 4) is 0 Å². The fourth-order valence-electron chi connectivity index (χ4n) is 5.40. The first kappa shape index (κ1) is 16.6. The predicted octanol–water partition coefficient (Wildman–Crippen LogP) is 3.29. The molecule has 0 spiro atoms. The molecule has 4 rings (SSSR count). The van der Waals surface area contributed by atoms with Crippen LogP contribution in [0.25, 0.3) is 0 Å². The number of hydrogen-bond acceptors (Lipinski definition) is 3. The number of hydrogen-bond donors (Lipinski definition) is 1. The Morgan fingerprint density at radius 2 is 1.73 bits per heavy atom. The molecule has 0 saturated heterocycles. The normalized spacial score (nSPS) is 37.0. The maximum Gasteiger partial charge on any atom is 0.230 e. The van der Waals surface area contributed by atoms with Crippen LogP contribution in [-0.2, 0) is 4.79 Å². The Hall–Kier alpha value is -0.290. The quantitative estimate of drug-likeness (QED) is 0.796. The van der Waals surface area contributed by atoms with Crippen LogP contribution < -0.4 is 5.32 Å². The van der Waals surface area contributed by atoms with Gasteiger partial charge in [0.15, 0.2) is 0 Å². The molecule has 1 N–H and O–H groups in total. The largest absolute Gasteiger partial charge is 0.364 e. The van der Waals surface area contributed by atoms with E-state index in [2.05, 4.69) is 12.2 Å². The highest BCUT2D eigenvalue weighted by atomic mass is 32.2. The summed E-state index contributed by atoms with van der Waals surface area (Å²) >= 11 is 6.69. The average molecular weight is 341 g/mol. The fourth-order valence-corrected chi connectivity index (χ4v) is 6.17. The van der Waals surface area contributed by atoms with Gasteiger partial charge in [-0.25, -0.2) is 0 Å². The van der Waals surface area contributed by atoms with Gasteiger partial charge < -0.3 is 10.2 Å². The molecule has 0 heterocycles. The standard InChI is InChI=1S/C17H28N2OS2/c1-11(18-15(20)10-22-16(21)19(2)3)17-7-12-4-13(8-17)6-14(5-12)9-17/h11-14H,4-10H2,1-3H3,(H,18,20). The molecule has 0 radical (unpaired) electrons. The van der Waals surface area contributed by atoms with Crippen LogP contribution >= 0.6 is 24.0 Å².